The number of ether oxygens (including phenoxy) is 2. The van der Waals surface area contributed by atoms with Crippen LogP contribution in [0.1, 0.15) is 41.5 Å². The molecule has 124 valence electrons. The van der Waals surface area contributed by atoms with Crippen LogP contribution in [-0.2, 0) is 9.47 Å². The molecule has 3 rings (SSSR count). The van der Waals surface area contributed by atoms with E-state index in [1.54, 1.807) is 0 Å². The smallest absolute Gasteiger partial charge is 0.0594 e. The zero-order valence-electron chi connectivity index (χ0n) is 14.9. The Morgan fingerprint density at radius 2 is 1.19 bits per heavy atom. The molecule has 0 saturated carbocycles. The number of nitrogens with zero attached hydrogens (tertiary/aromatic N) is 2. The van der Waals surface area contributed by atoms with Crippen LogP contribution >= 0.6 is 0 Å². The van der Waals surface area contributed by atoms with Crippen molar-refractivity contribution in [3.8, 4) is 0 Å². The number of likely N-dealkylation sites (tertiary alicyclic amines) is 1. The Labute approximate surface area is 130 Å². The van der Waals surface area contributed by atoms with E-state index < -0.39 is 0 Å². The van der Waals surface area contributed by atoms with Gasteiger partial charge in [0.2, 0.25) is 0 Å². The van der Waals surface area contributed by atoms with E-state index in [0.717, 1.165) is 39.5 Å². The van der Waals surface area contributed by atoms with E-state index in [4.69, 9.17) is 9.47 Å². The minimum absolute atomic E-state index is 0.323. The lowest BCUT2D eigenvalue weighted by atomic mass is 9.75. The summed E-state index contributed by atoms with van der Waals surface area (Å²) in [6.45, 7) is 22.0. The van der Waals surface area contributed by atoms with Crippen molar-refractivity contribution in [1.82, 2.24) is 9.80 Å². The quantitative estimate of drug-likeness (QED) is 0.685. The van der Waals surface area contributed by atoms with E-state index in [1.165, 1.54) is 13.1 Å². The molecule has 0 bridgehead atoms. The molecule has 3 aliphatic rings. The van der Waals surface area contributed by atoms with Gasteiger partial charge in [-0.15, -0.1) is 0 Å². The number of hydrogen-bond donors (Lipinski definition) is 0. The van der Waals surface area contributed by atoms with Crippen LogP contribution in [-0.4, -0.2) is 73.5 Å². The normalized spacial score (nSPS) is 26.6. The molecule has 4 heteroatoms. The SMILES string of the molecule is CC(C)(C)N1CC2(COC2)C1.CC(C)(C)N1CCOCC1. The lowest BCUT2D eigenvalue weighted by molar-refractivity contribution is -0.207. The second-order valence-corrected chi connectivity index (χ2v) is 8.79. The first-order valence-electron chi connectivity index (χ1n) is 8.28. The molecule has 0 aromatic carbocycles. The van der Waals surface area contributed by atoms with Crippen molar-refractivity contribution < 1.29 is 9.47 Å². The minimum atomic E-state index is 0.323. The third-order valence-corrected chi connectivity index (χ3v) is 4.78. The average molecular weight is 298 g/mol. The average Bonchev–Trinajstić information content (AvgIpc) is 2.24. The molecule has 21 heavy (non-hydrogen) atoms. The van der Waals surface area contributed by atoms with Gasteiger partial charge < -0.3 is 9.47 Å². The van der Waals surface area contributed by atoms with Crippen molar-refractivity contribution in [2.75, 3.05) is 52.6 Å². The minimum Gasteiger partial charge on any atom is -0.380 e. The van der Waals surface area contributed by atoms with Gasteiger partial charge in [-0.3, -0.25) is 9.80 Å². The lowest BCUT2D eigenvalue weighted by Gasteiger charge is -2.59. The molecule has 3 aliphatic heterocycles. The zero-order valence-corrected chi connectivity index (χ0v) is 14.9. The fourth-order valence-electron chi connectivity index (χ4n) is 3.05. The highest BCUT2D eigenvalue weighted by atomic mass is 16.5. The number of morpholine rings is 1. The Kier molecular flexibility index (Phi) is 5.04. The van der Waals surface area contributed by atoms with Crippen LogP contribution in [0, 0.1) is 5.41 Å². The maximum absolute atomic E-state index is 5.25. The largest absolute Gasteiger partial charge is 0.380 e. The Bertz CT molecular complexity index is 326. The molecular formula is C17H34N2O2. The standard InChI is InChI=1S/C9H17NO.C8H17NO/c1-8(2,3)10-4-9(5-10)6-11-7-9;1-8(2,3)9-4-6-10-7-5-9/h4-7H2,1-3H3;4-7H2,1-3H3. The summed E-state index contributed by atoms with van der Waals surface area (Å²) in [4.78, 5) is 4.98. The summed E-state index contributed by atoms with van der Waals surface area (Å²) in [5.41, 5.74) is 1.26. The third-order valence-electron chi connectivity index (χ3n) is 4.78. The van der Waals surface area contributed by atoms with Gasteiger partial charge in [0.25, 0.3) is 0 Å². The van der Waals surface area contributed by atoms with Gasteiger partial charge >= 0.3 is 0 Å². The first-order valence-corrected chi connectivity index (χ1v) is 8.28. The van der Waals surface area contributed by atoms with Crippen molar-refractivity contribution in [3.63, 3.8) is 0 Å². The highest BCUT2D eigenvalue weighted by Crippen LogP contribution is 2.40. The third kappa shape index (κ3) is 4.41. The Morgan fingerprint density at radius 1 is 0.714 bits per heavy atom. The van der Waals surface area contributed by atoms with Gasteiger partial charge in [-0.2, -0.15) is 0 Å². The molecule has 3 fully saturated rings. The molecule has 0 aliphatic carbocycles. The van der Waals surface area contributed by atoms with Crippen molar-refractivity contribution in [1.29, 1.82) is 0 Å². The van der Waals surface area contributed by atoms with Crippen LogP contribution in [0.5, 0.6) is 0 Å². The predicted octanol–water partition coefficient (Wildman–Crippen LogP) is 2.23. The number of hydrogen-bond acceptors (Lipinski definition) is 4. The van der Waals surface area contributed by atoms with E-state index in [1.807, 2.05) is 0 Å². The molecule has 3 saturated heterocycles. The molecule has 0 amide bonds. The van der Waals surface area contributed by atoms with Crippen LogP contribution in [0.4, 0.5) is 0 Å². The van der Waals surface area contributed by atoms with Crippen LogP contribution in [0.2, 0.25) is 0 Å². The van der Waals surface area contributed by atoms with Crippen molar-refractivity contribution in [2.45, 2.75) is 52.6 Å². The van der Waals surface area contributed by atoms with Gasteiger partial charge in [0.05, 0.1) is 26.4 Å². The van der Waals surface area contributed by atoms with Gasteiger partial charge in [-0.1, -0.05) is 0 Å². The van der Waals surface area contributed by atoms with E-state index in [9.17, 15) is 0 Å². The molecule has 3 heterocycles. The van der Waals surface area contributed by atoms with Gasteiger partial charge in [-0.25, -0.2) is 0 Å². The van der Waals surface area contributed by atoms with Crippen LogP contribution < -0.4 is 0 Å². The first-order chi connectivity index (χ1) is 9.62. The Hall–Kier alpha value is -0.160. The van der Waals surface area contributed by atoms with Gasteiger partial charge in [0.1, 0.15) is 0 Å². The highest BCUT2D eigenvalue weighted by molar-refractivity contribution is 5.02. The van der Waals surface area contributed by atoms with Crippen LogP contribution in [0.3, 0.4) is 0 Å². The summed E-state index contributed by atoms with van der Waals surface area (Å²) in [6.07, 6.45) is 0. The molecule has 0 aromatic rings. The topological polar surface area (TPSA) is 24.9 Å². The summed E-state index contributed by atoms with van der Waals surface area (Å²) in [5.74, 6) is 0. The summed E-state index contributed by atoms with van der Waals surface area (Å²) in [5, 5.41) is 0. The lowest BCUT2D eigenvalue weighted by Crippen LogP contribution is -2.69. The van der Waals surface area contributed by atoms with Gasteiger partial charge in [0.15, 0.2) is 0 Å². The number of rotatable bonds is 0. The van der Waals surface area contributed by atoms with Crippen molar-refractivity contribution >= 4 is 0 Å². The summed E-state index contributed by atoms with van der Waals surface area (Å²) >= 11 is 0. The maximum Gasteiger partial charge on any atom is 0.0594 e. The highest BCUT2D eigenvalue weighted by Gasteiger charge is 2.51. The molecule has 4 nitrogen and oxygen atoms in total. The molecule has 0 aromatic heterocycles. The van der Waals surface area contributed by atoms with E-state index >= 15 is 0 Å². The second kappa shape index (κ2) is 6.15. The Balaban J connectivity index is 0.000000155. The van der Waals surface area contributed by atoms with Crippen molar-refractivity contribution in [3.05, 3.63) is 0 Å². The molecule has 1 spiro atoms. The fraction of sp³-hybridized carbons (Fsp3) is 1.00. The van der Waals surface area contributed by atoms with E-state index in [0.29, 0.717) is 16.5 Å². The summed E-state index contributed by atoms with van der Waals surface area (Å²) in [6, 6.07) is 0. The van der Waals surface area contributed by atoms with E-state index in [-0.39, 0.29) is 0 Å². The van der Waals surface area contributed by atoms with Gasteiger partial charge in [-0.05, 0) is 41.5 Å². The maximum atomic E-state index is 5.25. The first kappa shape index (κ1) is 17.2. The summed E-state index contributed by atoms with van der Waals surface area (Å²) < 4.78 is 10.5. The van der Waals surface area contributed by atoms with Crippen LogP contribution in [0.15, 0.2) is 0 Å². The molecular weight excluding hydrogens is 264 g/mol. The molecule has 0 atom stereocenters. The van der Waals surface area contributed by atoms with Crippen LogP contribution in [0.25, 0.3) is 0 Å². The molecule has 0 radical (unpaired) electrons. The molecule has 0 N–H and O–H groups in total. The van der Waals surface area contributed by atoms with Gasteiger partial charge in [0, 0.05) is 42.7 Å². The fourth-order valence-corrected chi connectivity index (χ4v) is 3.05. The van der Waals surface area contributed by atoms with Crippen molar-refractivity contribution in [2.24, 2.45) is 5.41 Å². The molecule has 0 unspecified atom stereocenters. The zero-order chi connectivity index (χ0) is 15.7. The Morgan fingerprint density at radius 3 is 1.48 bits per heavy atom. The summed E-state index contributed by atoms with van der Waals surface area (Å²) in [7, 11) is 0. The van der Waals surface area contributed by atoms with E-state index in [2.05, 4.69) is 51.3 Å². The monoisotopic (exact) mass is 298 g/mol. The second-order valence-electron chi connectivity index (χ2n) is 8.79. The predicted molar refractivity (Wildman–Crippen MR) is 86.7 cm³/mol.